The highest BCUT2D eigenvalue weighted by Gasteiger charge is 2.17. The number of carbonyl (C=O) groups excluding carboxylic acids is 2. The molecule has 0 aliphatic rings. The normalized spacial score (nSPS) is 10.1. The predicted octanol–water partition coefficient (Wildman–Crippen LogP) is 2.61. The van der Waals surface area contributed by atoms with Crippen LogP contribution in [-0.4, -0.2) is 18.9 Å². The number of hydrogen-bond acceptors (Lipinski definition) is 4. The van der Waals surface area contributed by atoms with Gasteiger partial charge in [-0.1, -0.05) is 23.8 Å². The molecule has 0 radical (unpaired) electrons. The maximum absolute atomic E-state index is 12.1. The Kier molecular flexibility index (Phi) is 3.28. The molecule has 18 heavy (non-hydrogen) atoms. The molecule has 92 valence electrons. The van der Waals surface area contributed by atoms with E-state index in [0.29, 0.717) is 5.56 Å². The van der Waals surface area contributed by atoms with Gasteiger partial charge >= 0.3 is 5.97 Å². The zero-order valence-corrected chi connectivity index (χ0v) is 10.1. The fourth-order valence-corrected chi connectivity index (χ4v) is 1.60. The van der Waals surface area contributed by atoms with Gasteiger partial charge in [-0.15, -0.1) is 0 Å². The molecule has 1 heterocycles. The zero-order valence-electron chi connectivity index (χ0n) is 10.1. The van der Waals surface area contributed by atoms with E-state index in [9.17, 15) is 9.59 Å². The molecule has 0 fully saturated rings. The van der Waals surface area contributed by atoms with Crippen molar-refractivity contribution in [2.75, 3.05) is 7.11 Å². The Balaban J connectivity index is 2.29. The molecule has 2 rings (SSSR count). The third kappa shape index (κ3) is 2.32. The van der Waals surface area contributed by atoms with Crippen molar-refractivity contribution in [2.45, 2.75) is 6.92 Å². The predicted molar refractivity (Wildman–Crippen MR) is 64.7 cm³/mol. The van der Waals surface area contributed by atoms with E-state index in [1.54, 1.807) is 18.2 Å². The Morgan fingerprint density at radius 2 is 1.83 bits per heavy atom. The topological polar surface area (TPSA) is 56.5 Å². The first-order valence-electron chi connectivity index (χ1n) is 5.41. The average Bonchev–Trinajstić information content (AvgIpc) is 2.86. The molecule has 0 spiro atoms. The van der Waals surface area contributed by atoms with Crippen molar-refractivity contribution in [1.29, 1.82) is 0 Å². The lowest BCUT2D eigenvalue weighted by atomic mass is 10.1. The molecule has 0 aliphatic heterocycles. The summed E-state index contributed by atoms with van der Waals surface area (Å²) in [5.74, 6) is -0.707. The summed E-state index contributed by atoms with van der Waals surface area (Å²) < 4.78 is 9.68. The van der Waals surface area contributed by atoms with Gasteiger partial charge in [-0.05, 0) is 25.1 Å². The molecule has 0 atom stereocenters. The highest BCUT2D eigenvalue weighted by Crippen LogP contribution is 2.15. The first kappa shape index (κ1) is 12.1. The molecule has 1 aromatic carbocycles. The summed E-state index contributed by atoms with van der Waals surface area (Å²) in [6.07, 6.45) is 0. The minimum Gasteiger partial charge on any atom is -0.463 e. The molecule has 0 amide bonds. The van der Waals surface area contributed by atoms with Crippen molar-refractivity contribution in [1.82, 2.24) is 0 Å². The number of hydrogen-bond donors (Lipinski definition) is 0. The van der Waals surface area contributed by atoms with Gasteiger partial charge in [0.25, 0.3) is 0 Å². The second-order valence-corrected chi connectivity index (χ2v) is 3.85. The summed E-state index contributed by atoms with van der Waals surface area (Å²) in [5.41, 5.74) is 1.52. The highest BCUT2D eigenvalue weighted by molar-refractivity contribution is 6.07. The number of methoxy groups -OCH3 is 1. The Bertz CT molecular complexity index is 595. The van der Waals surface area contributed by atoms with Crippen LogP contribution in [0.25, 0.3) is 0 Å². The molecule has 4 nitrogen and oxygen atoms in total. The molecule has 0 saturated heterocycles. The summed E-state index contributed by atoms with van der Waals surface area (Å²) in [6, 6.07) is 10.1. The summed E-state index contributed by atoms with van der Waals surface area (Å²) in [6.45, 7) is 1.90. The minimum atomic E-state index is -0.599. The number of furan rings is 1. The van der Waals surface area contributed by atoms with E-state index >= 15 is 0 Å². The van der Waals surface area contributed by atoms with E-state index < -0.39 is 5.97 Å². The second-order valence-electron chi connectivity index (χ2n) is 3.85. The number of ketones is 1. The van der Waals surface area contributed by atoms with E-state index in [0.717, 1.165) is 5.56 Å². The maximum Gasteiger partial charge on any atom is 0.373 e. The van der Waals surface area contributed by atoms with Gasteiger partial charge in [-0.25, -0.2) is 4.79 Å². The van der Waals surface area contributed by atoms with Gasteiger partial charge in [0.05, 0.1) is 7.11 Å². The smallest absolute Gasteiger partial charge is 0.373 e. The van der Waals surface area contributed by atoms with Gasteiger partial charge in [-0.2, -0.15) is 0 Å². The van der Waals surface area contributed by atoms with Crippen LogP contribution < -0.4 is 0 Å². The van der Waals surface area contributed by atoms with Crippen molar-refractivity contribution in [3.8, 4) is 0 Å². The lowest BCUT2D eigenvalue weighted by Gasteiger charge is -1.99. The van der Waals surface area contributed by atoms with Gasteiger partial charge in [0.15, 0.2) is 5.76 Å². The molecule has 0 saturated carbocycles. The molecule has 0 unspecified atom stereocenters. The van der Waals surface area contributed by atoms with Crippen LogP contribution in [-0.2, 0) is 4.74 Å². The second kappa shape index (κ2) is 4.87. The van der Waals surface area contributed by atoms with Crippen molar-refractivity contribution in [3.63, 3.8) is 0 Å². The number of rotatable bonds is 3. The summed E-state index contributed by atoms with van der Waals surface area (Å²) in [7, 11) is 1.26. The molecule has 0 bridgehead atoms. The van der Waals surface area contributed by atoms with Gasteiger partial charge in [-0.3, -0.25) is 4.79 Å². The number of ether oxygens (including phenoxy) is 1. The van der Waals surface area contributed by atoms with Crippen LogP contribution >= 0.6 is 0 Å². The largest absolute Gasteiger partial charge is 0.463 e. The van der Waals surface area contributed by atoms with Gasteiger partial charge in [0.2, 0.25) is 11.5 Å². The third-order valence-corrected chi connectivity index (χ3v) is 2.50. The molecule has 0 aliphatic carbocycles. The van der Waals surface area contributed by atoms with Crippen LogP contribution in [0, 0.1) is 6.92 Å². The van der Waals surface area contributed by atoms with Crippen LogP contribution in [0.15, 0.2) is 40.8 Å². The molecular formula is C14H12O4. The molecule has 4 heteroatoms. The van der Waals surface area contributed by atoms with Crippen molar-refractivity contribution < 1.29 is 18.7 Å². The Hall–Kier alpha value is -2.36. The summed E-state index contributed by atoms with van der Waals surface area (Å²) in [4.78, 5) is 23.3. The fourth-order valence-electron chi connectivity index (χ4n) is 1.60. The van der Waals surface area contributed by atoms with Crippen molar-refractivity contribution in [2.24, 2.45) is 0 Å². The number of esters is 1. The zero-order chi connectivity index (χ0) is 13.1. The van der Waals surface area contributed by atoms with Crippen molar-refractivity contribution >= 4 is 11.8 Å². The first-order chi connectivity index (χ1) is 8.61. The Morgan fingerprint density at radius 1 is 1.11 bits per heavy atom. The van der Waals surface area contributed by atoms with E-state index in [2.05, 4.69) is 4.74 Å². The Labute approximate surface area is 104 Å². The van der Waals surface area contributed by atoms with Gasteiger partial charge < -0.3 is 9.15 Å². The quantitative estimate of drug-likeness (QED) is 0.615. The fraction of sp³-hybridized carbons (Fsp3) is 0.143. The van der Waals surface area contributed by atoms with Gasteiger partial charge in [0.1, 0.15) is 0 Å². The Morgan fingerprint density at radius 3 is 2.50 bits per heavy atom. The molecule has 0 N–H and O–H groups in total. The van der Waals surface area contributed by atoms with Crippen LogP contribution in [0.1, 0.15) is 32.2 Å². The maximum atomic E-state index is 12.1. The van der Waals surface area contributed by atoms with Crippen molar-refractivity contribution in [3.05, 3.63) is 59.0 Å². The molecule has 1 aromatic heterocycles. The third-order valence-electron chi connectivity index (χ3n) is 2.50. The first-order valence-corrected chi connectivity index (χ1v) is 5.41. The number of carbonyl (C=O) groups is 2. The van der Waals surface area contributed by atoms with E-state index in [1.165, 1.54) is 19.2 Å². The average molecular weight is 244 g/mol. The summed E-state index contributed by atoms with van der Waals surface area (Å²) >= 11 is 0. The van der Waals surface area contributed by atoms with E-state index in [-0.39, 0.29) is 17.3 Å². The number of aryl methyl sites for hydroxylation is 1. The van der Waals surface area contributed by atoms with E-state index in [1.807, 2.05) is 13.0 Å². The van der Waals surface area contributed by atoms with Crippen LogP contribution in [0.2, 0.25) is 0 Å². The minimum absolute atomic E-state index is 0.0218. The lowest BCUT2D eigenvalue weighted by Crippen LogP contribution is -2.01. The van der Waals surface area contributed by atoms with Crippen LogP contribution in [0.3, 0.4) is 0 Å². The van der Waals surface area contributed by atoms with Gasteiger partial charge in [0, 0.05) is 5.56 Å². The molecular weight excluding hydrogens is 232 g/mol. The number of benzene rings is 1. The standard InChI is InChI=1S/C14H12O4/c1-9-4-3-5-10(8-9)13(15)11-6-7-12(18-11)14(16)17-2/h3-8H,1-2H3. The monoisotopic (exact) mass is 244 g/mol. The van der Waals surface area contributed by atoms with Crippen LogP contribution in [0.4, 0.5) is 0 Å². The lowest BCUT2D eigenvalue weighted by molar-refractivity contribution is 0.0563. The summed E-state index contributed by atoms with van der Waals surface area (Å²) in [5, 5.41) is 0. The SMILES string of the molecule is COC(=O)c1ccc(C(=O)c2cccc(C)c2)o1. The molecule has 2 aromatic rings. The highest BCUT2D eigenvalue weighted by atomic mass is 16.5. The van der Waals surface area contributed by atoms with E-state index in [4.69, 9.17) is 4.42 Å². The van der Waals surface area contributed by atoms with Crippen LogP contribution in [0.5, 0.6) is 0 Å².